The molecule has 4 rings (SSSR count). The molecule has 3 atom stereocenters. The van der Waals surface area contributed by atoms with Crippen molar-refractivity contribution < 1.29 is 13.2 Å². The van der Waals surface area contributed by atoms with E-state index in [1.54, 1.807) is 18.5 Å². The first-order valence-corrected chi connectivity index (χ1v) is 7.58. The Kier molecular flexibility index (Phi) is 3.18. The van der Waals surface area contributed by atoms with Crippen LogP contribution in [0.3, 0.4) is 0 Å². The van der Waals surface area contributed by atoms with Crippen molar-refractivity contribution in [1.82, 2.24) is 4.98 Å². The van der Waals surface area contributed by atoms with Crippen molar-refractivity contribution in [3.8, 4) is 0 Å². The zero-order valence-corrected chi connectivity index (χ0v) is 12.2. The van der Waals surface area contributed by atoms with Gasteiger partial charge in [0.05, 0.1) is 11.6 Å². The smallest absolute Gasteiger partial charge is 0.378 e. The van der Waals surface area contributed by atoms with Gasteiger partial charge in [0.15, 0.2) is 0 Å². The van der Waals surface area contributed by atoms with Crippen molar-refractivity contribution in [2.45, 2.75) is 24.6 Å². The lowest BCUT2D eigenvalue weighted by atomic mass is 9.77. The van der Waals surface area contributed by atoms with Crippen molar-refractivity contribution in [1.29, 1.82) is 0 Å². The third-order valence-electron chi connectivity index (χ3n) is 4.76. The van der Waals surface area contributed by atoms with E-state index in [4.69, 9.17) is 0 Å². The van der Waals surface area contributed by atoms with Gasteiger partial charge in [-0.15, -0.1) is 0 Å². The summed E-state index contributed by atoms with van der Waals surface area (Å²) in [5, 5.41) is 3.43. The molecule has 0 amide bonds. The summed E-state index contributed by atoms with van der Waals surface area (Å²) in [4.78, 5) is 4.04. The van der Waals surface area contributed by atoms with Gasteiger partial charge in [-0.3, -0.25) is 4.98 Å². The molecule has 0 fully saturated rings. The minimum atomic E-state index is -4.31. The van der Waals surface area contributed by atoms with Crippen LogP contribution in [0.25, 0.3) is 0 Å². The Balaban J connectivity index is 1.78. The van der Waals surface area contributed by atoms with E-state index in [0.29, 0.717) is 0 Å². The highest BCUT2D eigenvalue weighted by atomic mass is 19.4. The molecule has 2 aromatic rings. The van der Waals surface area contributed by atoms with Crippen LogP contribution in [0.1, 0.15) is 35.1 Å². The molecular weight excluding hydrogens is 301 g/mol. The summed E-state index contributed by atoms with van der Waals surface area (Å²) >= 11 is 0. The summed E-state index contributed by atoms with van der Waals surface area (Å²) < 4.78 is 39.0. The van der Waals surface area contributed by atoms with Gasteiger partial charge < -0.3 is 5.32 Å². The number of nitrogens with zero attached hydrogens (tertiary/aromatic N) is 1. The zero-order valence-electron chi connectivity index (χ0n) is 12.2. The molecule has 2 aliphatic rings. The number of halogens is 3. The first-order chi connectivity index (χ1) is 11.0. The number of aromatic nitrogens is 1. The molecular formula is C18H15F3N2. The molecule has 0 saturated carbocycles. The summed E-state index contributed by atoms with van der Waals surface area (Å²) in [6.45, 7) is 0. The number of rotatable bonds is 1. The van der Waals surface area contributed by atoms with Crippen LogP contribution in [0, 0.1) is 5.92 Å². The lowest BCUT2D eigenvalue weighted by molar-refractivity contribution is -0.137. The third-order valence-corrected chi connectivity index (χ3v) is 4.76. The SMILES string of the molecule is FC(F)(F)c1ccc2c(c1)[C@@H]1C=CC[C@@H]1[C@@H](c1ccncc1)N2. The number of allylic oxidation sites excluding steroid dienone is 2. The van der Waals surface area contributed by atoms with Crippen LogP contribution in [-0.2, 0) is 6.18 Å². The maximum atomic E-state index is 13.0. The number of alkyl halides is 3. The fourth-order valence-electron chi connectivity index (χ4n) is 3.67. The molecule has 1 N–H and O–H groups in total. The topological polar surface area (TPSA) is 24.9 Å². The van der Waals surface area contributed by atoms with Gasteiger partial charge in [0.1, 0.15) is 0 Å². The number of fused-ring (bicyclic) bond motifs is 3. The van der Waals surface area contributed by atoms with Crippen LogP contribution in [0.5, 0.6) is 0 Å². The monoisotopic (exact) mass is 316 g/mol. The van der Waals surface area contributed by atoms with E-state index in [-0.39, 0.29) is 17.9 Å². The van der Waals surface area contributed by atoms with Gasteiger partial charge in [0.2, 0.25) is 0 Å². The standard InChI is InChI=1S/C18H15F3N2/c19-18(20,21)12-4-5-16-15(10-12)13-2-1-3-14(13)17(23-16)11-6-8-22-9-7-11/h1-2,4-10,13-14,17,23H,3H2/t13-,14+,17-/m1/s1. The molecule has 2 heterocycles. The quantitative estimate of drug-likeness (QED) is 0.755. The molecule has 2 nitrogen and oxygen atoms in total. The van der Waals surface area contributed by atoms with Gasteiger partial charge in [-0.05, 0) is 53.8 Å². The van der Waals surface area contributed by atoms with Crippen molar-refractivity contribution in [3.05, 3.63) is 71.6 Å². The molecule has 118 valence electrons. The number of nitrogens with one attached hydrogen (secondary N) is 1. The van der Waals surface area contributed by atoms with E-state index in [1.165, 1.54) is 6.07 Å². The van der Waals surface area contributed by atoms with E-state index in [9.17, 15) is 13.2 Å². The summed E-state index contributed by atoms with van der Waals surface area (Å²) in [6, 6.07) is 7.99. The molecule has 1 aliphatic heterocycles. The second-order valence-corrected chi connectivity index (χ2v) is 6.06. The van der Waals surface area contributed by atoms with Gasteiger partial charge in [-0.2, -0.15) is 13.2 Å². The molecule has 1 aliphatic carbocycles. The van der Waals surface area contributed by atoms with Gasteiger partial charge in [0.25, 0.3) is 0 Å². The maximum Gasteiger partial charge on any atom is 0.416 e. The Hall–Kier alpha value is -2.30. The molecule has 5 heteroatoms. The Morgan fingerprint density at radius 1 is 1.09 bits per heavy atom. The second kappa shape index (κ2) is 5.11. The highest BCUT2D eigenvalue weighted by Gasteiger charge is 2.39. The zero-order chi connectivity index (χ0) is 16.0. The summed E-state index contributed by atoms with van der Waals surface area (Å²) in [7, 11) is 0. The van der Waals surface area contributed by atoms with Crippen LogP contribution < -0.4 is 5.32 Å². The lowest BCUT2D eigenvalue weighted by Gasteiger charge is -2.37. The molecule has 23 heavy (non-hydrogen) atoms. The minimum Gasteiger partial charge on any atom is -0.378 e. The molecule has 0 saturated heterocycles. The predicted octanol–water partition coefficient (Wildman–Crippen LogP) is 4.93. The van der Waals surface area contributed by atoms with Gasteiger partial charge in [0, 0.05) is 24.0 Å². The Morgan fingerprint density at radius 3 is 2.61 bits per heavy atom. The minimum absolute atomic E-state index is 0.0201. The van der Waals surface area contributed by atoms with E-state index < -0.39 is 11.7 Å². The number of pyridine rings is 1. The second-order valence-electron chi connectivity index (χ2n) is 6.06. The molecule has 1 aromatic carbocycles. The van der Waals surface area contributed by atoms with Crippen molar-refractivity contribution in [3.63, 3.8) is 0 Å². The number of anilines is 1. The van der Waals surface area contributed by atoms with Crippen LogP contribution in [0.15, 0.2) is 54.9 Å². The van der Waals surface area contributed by atoms with Crippen molar-refractivity contribution >= 4 is 5.69 Å². The van der Waals surface area contributed by atoms with E-state index >= 15 is 0 Å². The van der Waals surface area contributed by atoms with E-state index in [1.807, 2.05) is 18.2 Å². The fraction of sp³-hybridized carbons (Fsp3) is 0.278. The van der Waals surface area contributed by atoms with Gasteiger partial charge in [-0.25, -0.2) is 0 Å². The number of benzene rings is 1. The average Bonchev–Trinajstić information content (AvgIpc) is 3.03. The highest BCUT2D eigenvalue weighted by Crippen LogP contribution is 2.50. The van der Waals surface area contributed by atoms with Crippen molar-refractivity contribution in [2.75, 3.05) is 5.32 Å². The van der Waals surface area contributed by atoms with E-state index in [2.05, 4.69) is 16.4 Å². The molecule has 0 unspecified atom stereocenters. The Labute approximate surface area is 132 Å². The molecule has 0 radical (unpaired) electrons. The highest BCUT2D eigenvalue weighted by molar-refractivity contribution is 5.61. The Morgan fingerprint density at radius 2 is 1.87 bits per heavy atom. The molecule has 0 bridgehead atoms. The normalized spacial score (nSPS) is 25.6. The summed E-state index contributed by atoms with van der Waals surface area (Å²) in [6.07, 6.45) is 4.15. The molecule has 1 aromatic heterocycles. The molecule has 0 spiro atoms. The summed E-state index contributed by atoms with van der Waals surface area (Å²) in [5.41, 5.74) is 2.06. The summed E-state index contributed by atoms with van der Waals surface area (Å²) in [5.74, 6) is 0.250. The first-order valence-electron chi connectivity index (χ1n) is 7.58. The van der Waals surface area contributed by atoms with Crippen LogP contribution in [0.4, 0.5) is 18.9 Å². The largest absolute Gasteiger partial charge is 0.416 e. The lowest BCUT2D eigenvalue weighted by Crippen LogP contribution is -2.29. The fourth-order valence-corrected chi connectivity index (χ4v) is 3.67. The average molecular weight is 316 g/mol. The number of hydrogen-bond acceptors (Lipinski definition) is 2. The van der Waals surface area contributed by atoms with Crippen molar-refractivity contribution in [2.24, 2.45) is 5.92 Å². The maximum absolute atomic E-state index is 13.0. The first kappa shape index (κ1) is 14.3. The predicted molar refractivity (Wildman–Crippen MR) is 82.0 cm³/mol. The Bertz CT molecular complexity index is 753. The van der Waals surface area contributed by atoms with Gasteiger partial charge in [-0.1, -0.05) is 12.2 Å². The van der Waals surface area contributed by atoms with Gasteiger partial charge >= 0.3 is 6.18 Å². The van der Waals surface area contributed by atoms with Crippen LogP contribution >= 0.6 is 0 Å². The van der Waals surface area contributed by atoms with Crippen LogP contribution in [0.2, 0.25) is 0 Å². The third kappa shape index (κ3) is 2.40. The van der Waals surface area contributed by atoms with E-state index in [0.717, 1.165) is 29.3 Å². The number of hydrogen-bond donors (Lipinski definition) is 1. The van der Waals surface area contributed by atoms with Crippen LogP contribution in [-0.4, -0.2) is 4.98 Å².